The van der Waals surface area contributed by atoms with E-state index in [9.17, 15) is 9.59 Å². The number of hydrogen-bond donors (Lipinski definition) is 0. The highest BCUT2D eigenvalue weighted by molar-refractivity contribution is 6.32. The van der Waals surface area contributed by atoms with E-state index < -0.39 is 11.9 Å². The molecule has 2 saturated heterocycles. The fourth-order valence-corrected chi connectivity index (χ4v) is 3.40. The number of piperidine rings is 2. The lowest BCUT2D eigenvalue weighted by molar-refractivity contribution is -0.160. The van der Waals surface area contributed by atoms with Gasteiger partial charge < -0.3 is 14.5 Å². The second kappa shape index (κ2) is 7.07. The molecule has 0 N–H and O–H groups in total. The van der Waals surface area contributed by atoms with Crippen molar-refractivity contribution in [3.8, 4) is 0 Å². The molecule has 0 aromatic heterocycles. The van der Waals surface area contributed by atoms with Crippen LogP contribution in [0.1, 0.15) is 32.6 Å². The molecule has 0 atom stereocenters. The predicted molar refractivity (Wildman–Crippen MR) is 76.2 cm³/mol. The fourth-order valence-electron chi connectivity index (χ4n) is 3.40. The number of rotatable bonds is 2. The Morgan fingerprint density at radius 1 is 1.00 bits per heavy atom. The number of carbonyl (C=O) groups excluding carboxylic acids is 2. The van der Waals surface area contributed by atoms with Gasteiger partial charge in [-0.15, -0.1) is 0 Å². The van der Waals surface area contributed by atoms with Crippen LogP contribution in [0.2, 0.25) is 0 Å². The molecule has 0 saturated carbocycles. The van der Waals surface area contributed by atoms with Crippen molar-refractivity contribution in [3.05, 3.63) is 0 Å². The monoisotopic (exact) mass is 282 g/mol. The largest absolute Gasteiger partial charge is 0.459 e. The first kappa shape index (κ1) is 15.3. The summed E-state index contributed by atoms with van der Waals surface area (Å²) in [6.07, 6.45) is 4.60. The van der Waals surface area contributed by atoms with Gasteiger partial charge in [-0.05, 0) is 64.6 Å². The zero-order valence-corrected chi connectivity index (χ0v) is 12.6. The third kappa shape index (κ3) is 3.72. The summed E-state index contributed by atoms with van der Waals surface area (Å²) in [4.78, 5) is 27.3. The molecule has 0 unspecified atom stereocenters. The molecule has 114 valence electrons. The fraction of sp³-hybridized carbons (Fsp3) is 0.867. The topological polar surface area (TPSA) is 49.9 Å². The predicted octanol–water partition coefficient (Wildman–Crippen LogP) is 1.13. The minimum atomic E-state index is -0.703. The molecule has 5 heteroatoms. The highest BCUT2D eigenvalue weighted by Gasteiger charge is 2.32. The number of ether oxygens (including phenoxy) is 1. The second-order valence-corrected chi connectivity index (χ2v) is 5.99. The SMILES string of the molecule is CCOC(=O)C(=O)N1CCC(C2CCN(C)CC2)CC1. The van der Waals surface area contributed by atoms with Gasteiger partial charge >= 0.3 is 11.9 Å². The van der Waals surface area contributed by atoms with Gasteiger partial charge in [0.05, 0.1) is 6.61 Å². The summed E-state index contributed by atoms with van der Waals surface area (Å²) in [6.45, 7) is 5.76. The van der Waals surface area contributed by atoms with Crippen LogP contribution in [0.15, 0.2) is 0 Å². The molecular weight excluding hydrogens is 256 g/mol. The third-order valence-electron chi connectivity index (χ3n) is 4.71. The van der Waals surface area contributed by atoms with Gasteiger partial charge in [0, 0.05) is 13.1 Å². The Kier molecular flexibility index (Phi) is 5.40. The molecule has 2 heterocycles. The van der Waals surface area contributed by atoms with Gasteiger partial charge in [0.25, 0.3) is 0 Å². The van der Waals surface area contributed by atoms with E-state index in [4.69, 9.17) is 4.74 Å². The smallest absolute Gasteiger partial charge is 0.397 e. The number of carbonyl (C=O) groups is 2. The Balaban J connectivity index is 1.77. The molecule has 5 nitrogen and oxygen atoms in total. The van der Waals surface area contributed by atoms with Gasteiger partial charge in [-0.3, -0.25) is 4.79 Å². The average molecular weight is 282 g/mol. The van der Waals surface area contributed by atoms with Crippen molar-refractivity contribution in [2.24, 2.45) is 11.8 Å². The summed E-state index contributed by atoms with van der Waals surface area (Å²) in [5, 5.41) is 0. The van der Waals surface area contributed by atoms with Gasteiger partial charge in [-0.25, -0.2) is 4.79 Å². The average Bonchev–Trinajstić information content (AvgIpc) is 2.48. The molecule has 0 aromatic rings. The number of hydrogen-bond acceptors (Lipinski definition) is 4. The van der Waals surface area contributed by atoms with Crippen LogP contribution in [0.4, 0.5) is 0 Å². The van der Waals surface area contributed by atoms with Gasteiger partial charge in [0.1, 0.15) is 0 Å². The van der Waals surface area contributed by atoms with Crippen LogP contribution in [-0.2, 0) is 14.3 Å². The normalized spacial score (nSPS) is 22.8. The van der Waals surface area contributed by atoms with E-state index in [0.717, 1.165) is 24.7 Å². The Morgan fingerprint density at radius 2 is 1.50 bits per heavy atom. The van der Waals surface area contributed by atoms with Crippen molar-refractivity contribution in [2.45, 2.75) is 32.6 Å². The van der Waals surface area contributed by atoms with Crippen molar-refractivity contribution >= 4 is 11.9 Å². The van der Waals surface area contributed by atoms with Gasteiger partial charge in [0.15, 0.2) is 0 Å². The summed E-state index contributed by atoms with van der Waals surface area (Å²) in [5.41, 5.74) is 0. The number of likely N-dealkylation sites (tertiary alicyclic amines) is 2. The first-order chi connectivity index (χ1) is 9.61. The summed E-state index contributed by atoms with van der Waals surface area (Å²) < 4.78 is 4.78. The van der Waals surface area contributed by atoms with Gasteiger partial charge in [0.2, 0.25) is 0 Å². The van der Waals surface area contributed by atoms with Crippen molar-refractivity contribution in [1.29, 1.82) is 0 Å². The maximum Gasteiger partial charge on any atom is 0.397 e. The summed E-state index contributed by atoms with van der Waals surface area (Å²) >= 11 is 0. The molecule has 0 radical (unpaired) electrons. The molecule has 1 amide bonds. The van der Waals surface area contributed by atoms with Crippen LogP contribution in [-0.4, -0.2) is 61.5 Å². The van der Waals surface area contributed by atoms with E-state index in [0.29, 0.717) is 13.1 Å². The summed E-state index contributed by atoms with van der Waals surface area (Å²) in [5.74, 6) is 0.347. The zero-order valence-electron chi connectivity index (χ0n) is 12.6. The molecule has 2 aliphatic rings. The lowest BCUT2D eigenvalue weighted by Gasteiger charge is -2.39. The first-order valence-corrected chi connectivity index (χ1v) is 7.76. The van der Waals surface area contributed by atoms with E-state index in [1.807, 2.05) is 0 Å². The highest BCUT2D eigenvalue weighted by atomic mass is 16.5. The van der Waals surface area contributed by atoms with Crippen LogP contribution in [0.3, 0.4) is 0 Å². The van der Waals surface area contributed by atoms with Gasteiger partial charge in [-0.2, -0.15) is 0 Å². The minimum absolute atomic E-state index is 0.261. The van der Waals surface area contributed by atoms with E-state index in [1.165, 1.54) is 25.9 Å². The van der Waals surface area contributed by atoms with Crippen molar-refractivity contribution in [1.82, 2.24) is 9.80 Å². The molecule has 20 heavy (non-hydrogen) atoms. The highest BCUT2D eigenvalue weighted by Crippen LogP contribution is 2.32. The molecule has 0 aromatic carbocycles. The van der Waals surface area contributed by atoms with Crippen LogP contribution < -0.4 is 0 Å². The Hall–Kier alpha value is -1.10. The van der Waals surface area contributed by atoms with Crippen molar-refractivity contribution in [3.63, 3.8) is 0 Å². The Morgan fingerprint density at radius 3 is 2.00 bits per heavy atom. The first-order valence-electron chi connectivity index (χ1n) is 7.76. The maximum absolute atomic E-state index is 11.9. The molecule has 0 bridgehead atoms. The maximum atomic E-state index is 11.9. The number of nitrogens with zero attached hydrogens (tertiary/aromatic N) is 2. The number of amides is 1. The summed E-state index contributed by atoms with van der Waals surface area (Å²) in [7, 11) is 2.18. The summed E-state index contributed by atoms with van der Waals surface area (Å²) in [6, 6.07) is 0. The van der Waals surface area contributed by atoms with Crippen LogP contribution in [0.25, 0.3) is 0 Å². The number of esters is 1. The molecule has 0 spiro atoms. The molecule has 2 rings (SSSR count). The van der Waals surface area contributed by atoms with Gasteiger partial charge in [-0.1, -0.05) is 0 Å². The Bertz CT molecular complexity index is 343. The van der Waals surface area contributed by atoms with E-state index in [2.05, 4.69) is 11.9 Å². The van der Waals surface area contributed by atoms with E-state index in [1.54, 1.807) is 11.8 Å². The minimum Gasteiger partial charge on any atom is -0.459 e. The van der Waals surface area contributed by atoms with Crippen LogP contribution in [0, 0.1) is 11.8 Å². The van der Waals surface area contributed by atoms with E-state index in [-0.39, 0.29) is 6.61 Å². The standard InChI is InChI=1S/C15H26N2O3/c1-3-20-15(19)14(18)17-10-6-13(7-11-17)12-4-8-16(2)9-5-12/h12-13H,3-11H2,1-2H3. The molecule has 2 aliphatic heterocycles. The molecule has 0 aliphatic carbocycles. The lowest BCUT2D eigenvalue weighted by atomic mass is 9.79. The van der Waals surface area contributed by atoms with Crippen LogP contribution >= 0.6 is 0 Å². The lowest BCUT2D eigenvalue weighted by Crippen LogP contribution is -2.45. The van der Waals surface area contributed by atoms with Crippen molar-refractivity contribution < 1.29 is 14.3 Å². The molecule has 2 fully saturated rings. The van der Waals surface area contributed by atoms with Crippen molar-refractivity contribution in [2.75, 3.05) is 39.8 Å². The Labute approximate surface area is 121 Å². The van der Waals surface area contributed by atoms with Crippen LogP contribution in [0.5, 0.6) is 0 Å². The third-order valence-corrected chi connectivity index (χ3v) is 4.71. The van der Waals surface area contributed by atoms with E-state index >= 15 is 0 Å². The molecular formula is C15H26N2O3. The second-order valence-electron chi connectivity index (χ2n) is 5.99. The quantitative estimate of drug-likeness (QED) is 0.563. The zero-order chi connectivity index (χ0) is 14.5.